The summed E-state index contributed by atoms with van der Waals surface area (Å²) in [5, 5.41) is 0. The smallest absolute Gasteiger partial charge is 0.158 e. The molecule has 0 bridgehead atoms. The number of thioether (sulfide) groups is 1. The Hall–Kier alpha value is 0.170. The fourth-order valence-electron chi connectivity index (χ4n) is 1.29. The van der Waals surface area contributed by atoms with E-state index >= 15 is 0 Å². The van der Waals surface area contributed by atoms with Gasteiger partial charge in [0, 0.05) is 22.3 Å². The van der Waals surface area contributed by atoms with Crippen LogP contribution in [0.2, 0.25) is 0 Å². The summed E-state index contributed by atoms with van der Waals surface area (Å²) < 4.78 is 10.9. The first kappa shape index (κ1) is 9.26. The quantitative estimate of drug-likeness (QED) is 0.659. The lowest BCUT2D eigenvalue weighted by Crippen LogP contribution is -2.34. The Labute approximate surface area is 73.6 Å². The number of rotatable bonds is 2. The average molecular weight is 192 g/mol. The molecule has 1 fully saturated rings. The van der Waals surface area contributed by atoms with Crippen molar-refractivity contribution in [2.24, 2.45) is 0 Å². The van der Waals surface area contributed by atoms with Crippen molar-refractivity contribution in [1.29, 1.82) is 0 Å². The first-order valence-electron chi connectivity index (χ1n) is 3.67. The molecule has 4 heteroatoms. The van der Waals surface area contributed by atoms with E-state index in [-0.39, 0.29) is 5.78 Å². The molecule has 11 heavy (non-hydrogen) atoms. The molecule has 0 N–H and O–H groups in total. The highest BCUT2D eigenvalue weighted by atomic mass is 32.2. The Morgan fingerprint density at radius 2 is 2.36 bits per heavy atom. The van der Waals surface area contributed by atoms with Crippen molar-refractivity contribution in [3.63, 3.8) is 0 Å². The number of ketones is 1. The molecule has 1 rings (SSSR count). The molecule has 2 nitrogen and oxygen atoms in total. The van der Waals surface area contributed by atoms with Gasteiger partial charge in [-0.3, -0.25) is 9.00 Å². The van der Waals surface area contributed by atoms with E-state index in [1.807, 2.05) is 6.92 Å². The van der Waals surface area contributed by atoms with Crippen LogP contribution in [0.4, 0.5) is 0 Å². The van der Waals surface area contributed by atoms with Gasteiger partial charge in [0.1, 0.15) is 4.08 Å². The minimum Gasteiger partial charge on any atom is -0.297 e. The van der Waals surface area contributed by atoms with E-state index in [9.17, 15) is 9.00 Å². The van der Waals surface area contributed by atoms with E-state index in [0.29, 0.717) is 12.2 Å². The van der Waals surface area contributed by atoms with Gasteiger partial charge in [0.2, 0.25) is 0 Å². The lowest BCUT2D eigenvalue weighted by molar-refractivity contribution is -0.117. The second kappa shape index (κ2) is 3.27. The normalized spacial score (nSPS) is 37.5. The van der Waals surface area contributed by atoms with Crippen molar-refractivity contribution in [3.05, 3.63) is 0 Å². The van der Waals surface area contributed by atoms with Crippen LogP contribution >= 0.6 is 11.8 Å². The third kappa shape index (κ3) is 1.38. The number of hydrogen-bond donors (Lipinski definition) is 0. The van der Waals surface area contributed by atoms with Crippen LogP contribution in [0.25, 0.3) is 0 Å². The van der Waals surface area contributed by atoms with Crippen LogP contribution in [0.3, 0.4) is 0 Å². The van der Waals surface area contributed by atoms with E-state index in [2.05, 4.69) is 0 Å². The molecule has 1 aliphatic heterocycles. The van der Waals surface area contributed by atoms with Crippen LogP contribution in [0, 0.1) is 0 Å². The maximum atomic E-state index is 11.4. The zero-order valence-corrected chi connectivity index (χ0v) is 8.39. The monoisotopic (exact) mass is 192 g/mol. The Balaban J connectivity index is 2.91. The number of carbonyl (C=O) groups excluding carboxylic acids is 1. The van der Waals surface area contributed by atoms with Crippen LogP contribution in [0.15, 0.2) is 0 Å². The second-order valence-corrected chi connectivity index (χ2v) is 6.01. The molecule has 1 heterocycles. The Morgan fingerprint density at radius 1 is 1.73 bits per heavy atom. The van der Waals surface area contributed by atoms with Gasteiger partial charge in [-0.2, -0.15) is 0 Å². The highest BCUT2D eigenvalue weighted by Crippen LogP contribution is 2.39. The van der Waals surface area contributed by atoms with Crippen molar-refractivity contribution in [2.45, 2.75) is 24.3 Å². The summed E-state index contributed by atoms with van der Waals surface area (Å²) in [5.74, 6) is 1.61. The summed E-state index contributed by atoms with van der Waals surface area (Å²) in [6.45, 7) is 3.47. The molecule has 2 atom stereocenters. The van der Waals surface area contributed by atoms with Crippen molar-refractivity contribution in [3.8, 4) is 0 Å². The van der Waals surface area contributed by atoms with Crippen LogP contribution in [-0.4, -0.2) is 25.6 Å². The third-order valence-corrected chi connectivity index (χ3v) is 6.48. The van der Waals surface area contributed by atoms with E-state index < -0.39 is 14.9 Å². The Morgan fingerprint density at radius 3 is 2.55 bits per heavy atom. The molecule has 0 radical (unpaired) electrons. The van der Waals surface area contributed by atoms with Crippen molar-refractivity contribution in [1.82, 2.24) is 0 Å². The summed E-state index contributed by atoms with van der Waals surface area (Å²) in [7, 11) is -0.936. The largest absolute Gasteiger partial charge is 0.297 e. The molecule has 1 unspecified atom stereocenters. The van der Waals surface area contributed by atoms with Gasteiger partial charge >= 0.3 is 0 Å². The lowest BCUT2D eigenvalue weighted by atomic mass is 10.2. The molecule has 64 valence electrons. The summed E-state index contributed by atoms with van der Waals surface area (Å²) >= 11 is 1.56. The zero-order chi connectivity index (χ0) is 8.48. The minimum absolute atomic E-state index is 0.0702. The number of hydrogen-bond acceptors (Lipinski definition) is 3. The summed E-state index contributed by atoms with van der Waals surface area (Å²) in [4.78, 5) is 11.2. The highest BCUT2D eigenvalue weighted by molar-refractivity contribution is 8.16. The molecule has 1 saturated heterocycles. The van der Waals surface area contributed by atoms with Gasteiger partial charge in [-0.15, -0.1) is 11.8 Å². The van der Waals surface area contributed by atoms with E-state index in [4.69, 9.17) is 0 Å². The maximum Gasteiger partial charge on any atom is 0.158 e. The van der Waals surface area contributed by atoms with Gasteiger partial charge < -0.3 is 0 Å². The summed E-state index contributed by atoms with van der Waals surface area (Å²) in [6.07, 6.45) is 0.694. The van der Waals surface area contributed by atoms with Crippen molar-refractivity contribution in [2.75, 3.05) is 11.5 Å². The first-order valence-corrected chi connectivity index (χ1v) is 5.97. The number of carbonyl (C=O) groups is 1. The molecule has 0 aromatic carbocycles. The Bertz CT molecular complexity index is 203. The maximum absolute atomic E-state index is 11.4. The minimum atomic E-state index is -0.936. The molecule has 0 amide bonds. The second-order valence-electron chi connectivity index (χ2n) is 2.56. The van der Waals surface area contributed by atoms with E-state index in [1.54, 1.807) is 18.7 Å². The SMILES string of the molecule is CC[C@@]1(C(C)=O)SCCS1=O. The van der Waals surface area contributed by atoms with Gasteiger partial charge in [0.05, 0.1) is 0 Å². The van der Waals surface area contributed by atoms with Crippen LogP contribution in [-0.2, 0) is 15.6 Å². The molecular weight excluding hydrogens is 180 g/mol. The first-order chi connectivity index (χ1) is 5.13. The number of Topliss-reactive ketones (excluding diaryl/α,β-unsaturated/α-hetero) is 1. The standard InChI is InChI=1S/C7H12O2S2/c1-3-7(6(2)8)10-4-5-11(7)9/h3-5H2,1-2H3/t7-,11?/m1/s1. The molecule has 1 aliphatic rings. The van der Waals surface area contributed by atoms with Gasteiger partial charge in [-0.1, -0.05) is 6.92 Å². The summed E-state index contributed by atoms with van der Waals surface area (Å²) in [5.41, 5.74) is 0. The van der Waals surface area contributed by atoms with Crippen LogP contribution in [0.1, 0.15) is 20.3 Å². The molecule has 0 saturated carbocycles. The third-order valence-electron chi connectivity index (χ3n) is 1.97. The average Bonchev–Trinajstić information content (AvgIpc) is 2.32. The van der Waals surface area contributed by atoms with Gasteiger partial charge in [-0.05, 0) is 13.3 Å². The fourth-order valence-corrected chi connectivity index (χ4v) is 4.96. The molecular formula is C7H12O2S2. The molecule has 0 aliphatic carbocycles. The Kier molecular flexibility index (Phi) is 2.75. The van der Waals surface area contributed by atoms with E-state index in [1.165, 1.54) is 0 Å². The molecule has 0 aromatic heterocycles. The molecule has 0 spiro atoms. The van der Waals surface area contributed by atoms with Gasteiger partial charge in [0.25, 0.3) is 0 Å². The van der Waals surface area contributed by atoms with Gasteiger partial charge in [-0.25, -0.2) is 0 Å². The van der Waals surface area contributed by atoms with Crippen LogP contribution < -0.4 is 0 Å². The predicted molar refractivity (Wildman–Crippen MR) is 49.2 cm³/mol. The lowest BCUT2D eigenvalue weighted by Gasteiger charge is -2.20. The van der Waals surface area contributed by atoms with Crippen molar-refractivity contribution < 1.29 is 9.00 Å². The highest BCUT2D eigenvalue weighted by Gasteiger charge is 2.44. The molecule has 0 aromatic rings. The fraction of sp³-hybridized carbons (Fsp3) is 0.857. The predicted octanol–water partition coefficient (Wildman–Crippen LogP) is 1.18. The van der Waals surface area contributed by atoms with Crippen LogP contribution in [0.5, 0.6) is 0 Å². The van der Waals surface area contributed by atoms with Gasteiger partial charge in [0.15, 0.2) is 5.78 Å². The van der Waals surface area contributed by atoms with E-state index in [0.717, 1.165) is 5.75 Å². The van der Waals surface area contributed by atoms with Crippen molar-refractivity contribution >= 4 is 28.3 Å². The summed E-state index contributed by atoms with van der Waals surface area (Å²) in [6, 6.07) is 0. The topological polar surface area (TPSA) is 34.1 Å². The zero-order valence-electron chi connectivity index (χ0n) is 6.75.